The number of hydrogen-bond acceptors (Lipinski definition) is 2. The zero-order valence-corrected chi connectivity index (χ0v) is 31.7. The van der Waals surface area contributed by atoms with Crippen LogP contribution < -0.4 is 4.90 Å². The Hall–Kier alpha value is -7.68. The fourth-order valence-electron chi connectivity index (χ4n) is 8.58. The molecule has 272 valence electrons. The first kappa shape index (κ1) is 33.6. The van der Waals surface area contributed by atoms with Gasteiger partial charge in [0, 0.05) is 27.9 Å². The predicted molar refractivity (Wildman–Crippen MR) is 245 cm³/mol. The number of benzene rings is 10. The van der Waals surface area contributed by atoms with E-state index in [9.17, 15) is 0 Å². The molecule has 2 heteroatoms. The Morgan fingerprint density at radius 2 is 0.828 bits per heavy atom. The SMILES string of the molecule is c1ccc(-c2c(-c3ccccc3N(c3ccc(-c4ccc5ccccc5c4)cc3)c3ccc(-c4ccc5c(ccc6ccccc65)c4)cc3)oc3ccccc23)cc1. The fraction of sp³-hybridized carbons (Fsp3) is 0. The molecule has 0 unspecified atom stereocenters. The van der Waals surface area contributed by atoms with E-state index >= 15 is 0 Å². The van der Waals surface area contributed by atoms with Gasteiger partial charge in [0.1, 0.15) is 11.3 Å². The zero-order valence-electron chi connectivity index (χ0n) is 31.7. The number of furan rings is 1. The highest BCUT2D eigenvalue weighted by Crippen LogP contribution is 2.47. The summed E-state index contributed by atoms with van der Waals surface area (Å²) < 4.78 is 6.83. The molecule has 0 amide bonds. The van der Waals surface area contributed by atoms with E-state index < -0.39 is 0 Å². The van der Waals surface area contributed by atoms with Crippen molar-refractivity contribution in [2.45, 2.75) is 0 Å². The minimum Gasteiger partial charge on any atom is -0.455 e. The second kappa shape index (κ2) is 14.1. The molecule has 0 saturated carbocycles. The van der Waals surface area contributed by atoms with E-state index in [0.717, 1.165) is 50.5 Å². The first-order chi connectivity index (χ1) is 28.7. The lowest BCUT2D eigenvalue weighted by Crippen LogP contribution is -2.11. The van der Waals surface area contributed by atoms with Gasteiger partial charge in [-0.25, -0.2) is 0 Å². The van der Waals surface area contributed by atoms with Crippen molar-refractivity contribution in [1.29, 1.82) is 0 Å². The standard InChI is InChI=1S/C56H37NO/c1-2-14-42(15-3-1)55-52-19-9-11-21-54(52)58-56(55)51-18-8-10-20-53(51)57(47-31-26-39(27-32-47)44-24-22-38-12-4-5-16-43(38)36-44)48-33-28-40(29-34-48)45-30-35-50-46(37-45)25-23-41-13-6-7-17-49(41)50/h1-37H. The normalized spacial score (nSPS) is 11.4. The number of fused-ring (bicyclic) bond motifs is 5. The van der Waals surface area contributed by atoms with Gasteiger partial charge in [0.2, 0.25) is 0 Å². The van der Waals surface area contributed by atoms with Crippen LogP contribution in [0, 0.1) is 0 Å². The molecule has 0 bridgehead atoms. The van der Waals surface area contributed by atoms with Gasteiger partial charge in [-0.05, 0) is 115 Å². The highest BCUT2D eigenvalue weighted by Gasteiger charge is 2.24. The van der Waals surface area contributed by atoms with Crippen molar-refractivity contribution in [3.8, 4) is 44.7 Å². The van der Waals surface area contributed by atoms with Crippen molar-refractivity contribution in [3.63, 3.8) is 0 Å². The van der Waals surface area contributed by atoms with E-state index in [4.69, 9.17) is 4.42 Å². The molecule has 11 rings (SSSR count). The lowest BCUT2D eigenvalue weighted by molar-refractivity contribution is 0.632. The van der Waals surface area contributed by atoms with E-state index in [-0.39, 0.29) is 0 Å². The summed E-state index contributed by atoms with van der Waals surface area (Å²) in [6, 6.07) is 80.5. The lowest BCUT2D eigenvalue weighted by Gasteiger charge is -2.28. The predicted octanol–water partition coefficient (Wildman–Crippen LogP) is 16.0. The molecule has 0 spiro atoms. The van der Waals surface area contributed by atoms with Crippen LogP contribution in [0.2, 0.25) is 0 Å². The van der Waals surface area contributed by atoms with Crippen molar-refractivity contribution in [1.82, 2.24) is 0 Å². The number of hydrogen-bond donors (Lipinski definition) is 0. The number of rotatable bonds is 7. The average molecular weight is 740 g/mol. The first-order valence-corrected chi connectivity index (χ1v) is 19.8. The van der Waals surface area contributed by atoms with Crippen molar-refractivity contribution in [2.24, 2.45) is 0 Å². The van der Waals surface area contributed by atoms with Crippen molar-refractivity contribution >= 4 is 60.3 Å². The third kappa shape index (κ3) is 5.91. The van der Waals surface area contributed by atoms with Crippen LogP contribution in [0.15, 0.2) is 229 Å². The van der Waals surface area contributed by atoms with Crippen molar-refractivity contribution < 1.29 is 4.42 Å². The van der Waals surface area contributed by atoms with Gasteiger partial charge < -0.3 is 9.32 Å². The largest absolute Gasteiger partial charge is 0.455 e. The van der Waals surface area contributed by atoms with Gasteiger partial charge in [0.15, 0.2) is 0 Å². The second-order valence-electron chi connectivity index (χ2n) is 14.9. The molecule has 0 atom stereocenters. The maximum absolute atomic E-state index is 6.83. The molecule has 0 aliphatic heterocycles. The highest BCUT2D eigenvalue weighted by molar-refractivity contribution is 6.08. The Bertz CT molecular complexity index is 3270. The Labute approximate surface area is 337 Å². The van der Waals surface area contributed by atoms with Gasteiger partial charge in [-0.3, -0.25) is 0 Å². The van der Waals surface area contributed by atoms with Crippen LogP contribution in [0.4, 0.5) is 17.1 Å². The monoisotopic (exact) mass is 739 g/mol. The van der Waals surface area contributed by atoms with E-state index in [0.29, 0.717) is 0 Å². The maximum atomic E-state index is 6.83. The van der Waals surface area contributed by atoms with Crippen LogP contribution in [0.25, 0.3) is 88.0 Å². The number of nitrogens with zero attached hydrogens (tertiary/aromatic N) is 1. The summed E-state index contributed by atoms with van der Waals surface area (Å²) in [6.45, 7) is 0. The minimum absolute atomic E-state index is 0.848. The van der Waals surface area contributed by atoms with Crippen LogP contribution in [0.5, 0.6) is 0 Å². The minimum atomic E-state index is 0.848. The van der Waals surface area contributed by atoms with E-state index in [1.165, 1.54) is 54.6 Å². The van der Waals surface area contributed by atoms with Crippen LogP contribution in [0.1, 0.15) is 0 Å². The summed E-state index contributed by atoms with van der Waals surface area (Å²) in [6.07, 6.45) is 0. The molecular weight excluding hydrogens is 703 g/mol. The van der Waals surface area contributed by atoms with E-state index in [1.807, 2.05) is 6.07 Å². The van der Waals surface area contributed by atoms with Crippen LogP contribution >= 0.6 is 0 Å². The van der Waals surface area contributed by atoms with E-state index in [1.54, 1.807) is 0 Å². The smallest absolute Gasteiger partial charge is 0.145 e. The van der Waals surface area contributed by atoms with Gasteiger partial charge in [-0.1, -0.05) is 170 Å². The second-order valence-corrected chi connectivity index (χ2v) is 14.9. The summed E-state index contributed by atoms with van der Waals surface area (Å²) >= 11 is 0. The van der Waals surface area contributed by atoms with Crippen LogP contribution in [0.3, 0.4) is 0 Å². The molecule has 10 aromatic carbocycles. The molecule has 0 radical (unpaired) electrons. The molecule has 0 N–H and O–H groups in total. The molecule has 58 heavy (non-hydrogen) atoms. The Kier molecular flexibility index (Phi) is 8.19. The van der Waals surface area contributed by atoms with Crippen LogP contribution in [-0.2, 0) is 0 Å². The molecule has 11 aromatic rings. The third-order valence-electron chi connectivity index (χ3n) is 11.5. The van der Waals surface area contributed by atoms with Gasteiger partial charge >= 0.3 is 0 Å². The lowest BCUT2D eigenvalue weighted by atomic mass is 9.96. The van der Waals surface area contributed by atoms with E-state index in [2.05, 4.69) is 223 Å². The Balaban J connectivity index is 1.05. The first-order valence-electron chi connectivity index (χ1n) is 19.8. The highest BCUT2D eigenvalue weighted by atomic mass is 16.3. The van der Waals surface area contributed by atoms with Crippen molar-refractivity contribution in [2.75, 3.05) is 4.90 Å². The van der Waals surface area contributed by atoms with Crippen molar-refractivity contribution in [3.05, 3.63) is 224 Å². The topological polar surface area (TPSA) is 16.4 Å². The summed E-state index contributed by atoms with van der Waals surface area (Å²) in [4.78, 5) is 2.36. The number of para-hydroxylation sites is 2. The average Bonchev–Trinajstić information content (AvgIpc) is 3.69. The summed E-state index contributed by atoms with van der Waals surface area (Å²) in [7, 11) is 0. The molecule has 0 aliphatic carbocycles. The molecule has 0 aliphatic rings. The van der Waals surface area contributed by atoms with Gasteiger partial charge in [-0.15, -0.1) is 0 Å². The van der Waals surface area contributed by atoms with Gasteiger partial charge in [0.25, 0.3) is 0 Å². The Morgan fingerprint density at radius 1 is 0.310 bits per heavy atom. The summed E-state index contributed by atoms with van der Waals surface area (Å²) in [5, 5.41) is 8.62. The molecular formula is C56H37NO. The molecule has 0 saturated heterocycles. The van der Waals surface area contributed by atoms with Gasteiger partial charge in [0.05, 0.1) is 5.69 Å². The third-order valence-corrected chi connectivity index (χ3v) is 11.5. The maximum Gasteiger partial charge on any atom is 0.145 e. The fourth-order valence-corrected chi connectivity index (χ4v) is 8.58. The summed E-state index contributed by atoms with van der Waals surface area (Å²) in [5.74, 6) is 0.848. The molecule has 2 nitrogen and oxygen atoms in total. The van der Waals surface area contributed by atoms with Crippen LogP contribution in [-0.4, -0.2) is 0 Å². The molecule has 0 fully saturated rings. The number of anilines is 3. The Morgan fingerprint density at radius 3 is 1.59 bits per heavy atom. The quantitative estimate of drug-likeness (QED) is 0.151. The van der Waals surface area contributed by atoms with Gasteiger partial charge in [-0.2, -0.15) is 0 Å². The summed E-state index contributed by atoms with van der Waals surface area (Å²) in [5.41, 5.74) is 12.0. The molecule has 1 aromatic heterocycles. The molecule has 1 heterocycles. The zero-order chi connectivity index (χ0) is 38.4.